The number of carbonyl (C=O) groups is 1. The number of hydrogen-bond donors (Lipinski definition) is 0. The lowest BCUT2D eigenvalue weighted by Crippen LogP contribution is -2.50. The van der Waals surface area contributed by atoms with Crippen LogP contribution in [0.15, 0.2) is 0 Å². The van der Waals surface area contributed by atoms with Crippen molar-refractivity contribution in [1.29, 1.82) is 0 Å². The third kappa shape index (κ3) is 4.43. The van der Waals surface area contributed by atoms with Gasteiger partial charge in [-0.3, -0.25) is 9.69 Å². The molecule has 2 atom stereocenters. The maximum Gasteiger partial charge on any atom is 0.225 e. The predicted molar refractivity (Wildman–Crippen MR) is 87.3 cm³/mol. The van der Waals surface area contributed by atoms with Gasteiger partial charge in [0.15, 0.2) is 0 Å². The van der Waals surface area contributed by atoms with Gasteiger partial charge in [-0.1, -0.05) is 20.8 Å². The van der Waals surface area contributed by atoms with Crippen LogP contribution in [0.25, 0.3) is 0 Å². The summed E-state index contributed by atoms with van der Waals surface area (Å²) in [5.74, 6) is 1.28. The Hall–Kier alpha value is -0.610. The highest BCUT2D eigenvalue weighted by molar-refractivity contribution is 5.78. The Balaban J connectivity index is 1.71. The lowest BCUT2D eigenvalue weighted by Gasteiger charge is -2.36. The lowest BCUT2D eigenvalue weighted by molar-refractivity contribution is -0.136. The van der Waals surface area contributed by atoms with Crippen molar-refractivity contribution in [3.63, 3.8) is 0 Å². The van der Waals surface area contributed by atoms with E-state index in [-0.39, 0.29) is 5.92 Å². The largest absolute Gasteiger partial charge is 0.340 e. The summed E-state index contributed by atoms with van der Waals surface area (Å²) in [5.41, 5.74) is 0. The number of piperazine rings is 1. The molecule has 1 amide bonds. The average molecular weight is 295 g/mol. The molecule has 2 aliphatic rings. The van der Waals surface area contributed by atoms with Crippen LogP contribution < -0.4 is 0 Å². The van der Waals surface area contributed by atoms with Crippen molar-refractivity contribution >= 4 is 5.91 Å². The molecule has 122 valence electrons. The first-order valence-corrected chi connectivity index (χ1v) is 8.76. The van der Waals surface area contributed by atoms with Crippen LogP contribution >= 0.6 is 0 Å². The molecule has 0 aromatic carbocycles. The molecule has 0 aromatic heterocycles. The molecule has 2 aliphatic heterocycles. The fourth-order valence-corrected chi connectivity index (χ4v) is 3.55. The Labute approximate surface area is 130 Å². The zero-order valence-corrected chi connectivity index (χ0v) is 14.3. The van der Waals surface area contributed by atoms with E-state index in [2.05, 4.69) is 23.6 Å². The molecule has 0 aromatic rings. The van der Waals surface area contributed by atoms with Crippen LogP contribution in [0.5, 0.6) is 0 Å². The summed E-state index contributed by atoms with van der Waals surface area (Å²) in [7, 11) is 0. The van der Waals surface area contributed by atoms with Gasteiger partial charge in [-0.05, 0) is 32.2 Å². The SMILES string of the molecule is CCC(C)N1CC[C@@H](CN2CCN(C(=O)C(C)C)CC2)C1. The molecule has 21 heavy (non-hydrogen) atoms. The topological polar surface area (TPSA) is 26.8 Å². The average Bonchev–Trinajstić information content (AvgIpc) is 2.95. The molecule has 0 bridgehead atoms. The lowest BCUT2D eigenvalue weighted by atomic mass is 10.1. The van der Waals surface area contributed by atoms with Crippen molar-refractivity contribution in [1.82, 2.24) is 14.7 Å². The second kappa shape index (κ2) is 7.59. The van der Waals surface area contributed by atoms with Gasteiger partial charge in [0.05, 0.1) is 0 Å². The zero-order valence-electron chi connectivity index (χ0n) is 14.3. The van der Waals surface area contributed by atoms with Crippen molar-refractivity contribution in [3.8, 4) is 0 Å². The molecule has 0 radical (unpaired) electrons. The van der Waals surface area contributed by atoms with Crippen molar-refractivity contribution in [2.24, 2.45) is 11.8 Å². The smallest absolute Gasteiger partial charge is 0.225 e. The highest BCUT2D eigenvalue weighted by Crippen LogP contribution is 2.21. The molecule has 2 heterocycles. The second-order valence-corrected chi connectivity index (χ2v) is 7.19. The molecule has 0 spiro atoms. The van der Waals surface area contributed by atoms with Crippen molar-refractivity contribution in [2.45, 2.75) is 46.6 Å². The van der Waals surface area contributed by atoms with Gasteiger partial charge >= 0.3 is 0 Å². The number of rotatable bonds is 5. The normalized spacial score (nSPS) is 26.5. The Morgan fingerprint density at radius 2 is 1.76 bits per heavy atom. The molecule has 2 fully saturated rings. The number of amides is 1. The summed E-state index contributed by atoms with van der Waals surface area (Å²) < 4.78 is 0. The summed E-state index contributed by atoms with van der Waals surface area (Å²) in [6.45, 7) is 16.3. The Morgan fingerprint density at radius 3 is 2.33 bits per heavy atom. The van der Waals surface area contributed by atoms with E-state index in [9.17, 15) is 4.79 Å². The molecule has 0 saturated carbocycles. The number of nitrogens with zero attached hydrogens (tertiary/aromatic N) is 3. The first-order chi connectivity index (χ1) is 10.0. The maximum absolute atomic E-state index is 12.0. The predicted octanol–water partition coefficient (Wildman–Crippen LogP) is 1.91. The monoisotopic (exact) mass is 295 g/mol. The van der Waals surface area contributed by atoms with E-state index in [1.165, 1.54) is 32.5 Å². The molecular weight excluding hydrogens is 262 g/mol. The molecule has 4 heteroatoms. The van der Waals surface area contributed by atoms with Gasteiger partial charge in [-0.2, -0.15) is 0 Å². The van der Waals surface area contributed by atoms with E-state index in [0.29, 0.717) is 5.91 Å². The van der Waals surface area contributed by atoms with Crippen LogP contribution in [0.2, 0.25) is 0 Å². The van der Waals surface area contributed by atoms with E-state index < -0.39 is 0 Å². The third-order valence-electron chi connectivity index (χ3n) is 5.23. The van der Waals surface area contributed by atoms with E-state index in [4.69, 9.17) is 0 Å². The van der Waals surface area contributed by atoms with Crippen LogP contribution in [-0.4, -0.2) is 72.5 Å². The Kier molecular flexibility index (Phi) is 6.06. The first kappa shape index (κ1) is 16.8. The quantitative estimate of drug-likeness (QED) is 0.775. The highest BCUT2D eigenvalue weighted by atomic mass is 16.2. The van der Waals surface area contributed by atoms with Crippen LogP contribution in [0.1, 0.15) is 40.5 Å². The third-order valence-corrected chi connectivity index (χ3v) is 5.23. The summed E-state index contributed by atoms with van der Waals surface area (Å²) in [4.78, 5) is 19.3. The Bertz CT molecular complexity index is 337. The van der Waals surface area contributed by atoms with Gasteiger partial charge in [-0.15, -0.1) is 0 Å². The van der Waals surface area contributed by atoms with E-state index in [1.54, 1.807) is 0 Å². The molecule has 1 unspecified atom stereocenters. The van der Waals surface area contributed by atoms with Gasteiger partial charge < -0.3 is 9.80 Å². The minimum atomic E-state index is 0.135. The molecule has 2 saturated heterocycles. The zero-order chi connectivity index (χ0) is 15.4. The fraction of sp³-hybridized carbons (Fsp3) is 0.941. The number of likely N-dealkylation sites (tertiary alicyclic amines) is 1. The van der Waals surface area contributed by atoms with Crippen LogP contribution in [0.4, 0.5) is 0 Å². The van der Waals surface area contributed by atoms with Gasteiger partial charge in [-0.25, -0.2) is 0 Å². The van der Waals surface area contributed by atoms with Crippen LogP contribution in [0, 0.1) is 11.8 Å². The van der Waals surface area contributed by atoms with E-state index in [0.717, 1.165) is 38.1 Å². The van der Waals surface area contributed by atoms with E-state index in [1.807, 2.05) is 18.7 Å². The van der Waals surface area contributed by atoms with Gasteiger partial charge in [0.2, 0.25) is 5.91 Å². The number of carbonyl (C=O) groups excluding carboxylic acids is 1. The minimum absolute atomic E-state index is 0.135. The van der Waals surface area contributed by atoms with Crippen molar-refractivity contribution in [3.05, 3.63) is 0 Å². The molecule has 0 N–H and O–H groups in total. The number of hydrogen-bond acceptors (Lipinski definition) is 3. The maximum atomic E-state index is 12.0. The molecule has 0 aliphatic carbocycles. The summed E-state index contributed by atoms with van der Waals surface area (Å²) in [6.07, 6.45) is 2.60. The van der Waals surface area contributed by atoms with Gasteiger partial charge in [0.25, 0.3) is 0 Å². The molecule has 2 rings (SSSR count). The van der Waals surface area contributed by atoms with Crippen molar-refractivity contribution < 1.29 is 4.79 Å². The Morgan fingerprint density at radius 1 is 1.10 bits per heavy atom. The van der Waals surface area contributed by atoms with E-state index >= 15 is 0 Å². The fourth-order valence-electron chi connectivity index (χ4n) is 3.55. The van der Waals surface area contributed by atoms with Gasteiger partial charge in [0, 0.05) is 51.2 Å². The molecular formula is C17H33N3O. The summed E-state index contributed by atoms with van der Waals surface area (Å²) in [6, 6.07) is 0.732. The van der Waals surface area contributed by atoms with Crippen LogP contribution in [-0.2, 0) is 4.79 Å². The standard InChI is InChI=1S/C17H33N3O/c1-5-15(4)20-7-6-16(13-20)12-18-8-10-19(11-9-18)17(21)14(2)3/h14-16H,5-13H2,1-4H3/t15?,16-/m0/s1. The highest BCUT2D eigenvalue weighted by Gasteiger charge is 2.29. The minimum Gasteiger partial charge on any atom is -0.340 e. The van der Waals surface area contributed by atoms with Crippen LogP contribution in [0.3, 0.4) is 0 Å². The van der Waals surface area contributed by atoms with Gasteiger partial charge in [0.1, 0.15) is 0 Å². The summed E-state index contributed by atoms with van der Waals surface area (Å²) >= 11 is 0. The van der Waals surface area contributed by atoms with Crippen molar-refractivity contribution in [2.75, 3.05) is 45.8 Å². The summed E-state index contributed by atoms with van der Waals surface area (Å²) in [5, 5.41) is 0. The first-order valence-electron chi connectivity index (χ1n) is 8.76. The second-order valence-electron chi connectivity index (χ2n) is 7.19. The molecule has 4 nitrogen and oxygen atoms in total.